The summed E-state index contributed by atoms with van der Waals surface area (Å²) in [5, 5.41) is 3.37. The van der Waals surface area contributed by atoms with E-state index in [0.29, 0.717) is 17.9 Å². The van der Waals surface area contributed by atoms with Gasteiger partial charge in [-0.2, -0.15) is 0 Å². The maximum absolute atomic E-state index is 11.3. The summed E-state index contributed by atoms with van der Waals surface area (Å²) in [6.45, 7) is 6.70. The Bertz CT molecular complexity index is 582. The van der Waals surface area contributed by atoms with Crippen LogP contribution in [0.5, 0.6) is 0 Å². The molecule has 0 fully saturated rings. The lowest BCUT2D eigenvalue weighted by molar-refractivity contribution is 0.317. The van der Waals surface area contributed by atoms with Crippen molar-refractivity contribution in [3.8, 4) is 0 Å². The molecule has 4 nitrogen and oxygen atoms in total. The highest BCUT2D eigenvalue weighted by Gasteiger charge is 2.20. The van der Waals surface area contributed by atoms with Gasteiger partial charge in [-0.05, 0) is 36.6 Å². The van der Waals surface area contributed by atoms with Gasteiger partial charge >= 0.3 is 5.69 Å². The molecule has 0 bridgehead atoms. The van der Waals surface area contributed by atoms with Crippen LogP contribution in [0.4, 0.5) is 0 Å². The first-order valence-corrected chi connectivity index (χ1v) is 6.42. The summed E-state index contributed by atoms with van der Waals surface area (Å²) < 4.78 is 0. The molecule has 2 rings (SSSR count). The second kappa shape index (κ2) is 4.98. The van der Waals surface area contributed by atoms with E-state index in [-0.39, 0.29) is 5.69 Å². The molecular weight excluding hydrogens is 226 g/mol. The Morgan fingerprint density at radius 1 is 1.11 bits per heavy atom. The lowest BCUT2D eigenvalue weighted by Crippen LogP contribution is -2.26. The summed E-state index contributed by atoms with van der Waals surface area (Å²) >= 11 is 0. The Kier molecular flexibility index (Phi) is 3.57. The third-order valence-electron chi connectivity index (χ3n) is 3.79. The van der Waals surface area contributed by atoms with Gasteiger partial charge in [0.25, 0.3) is 0 Å². The van der Waals surface area contributed by atoms with Crippen LogP contribution in [-0.2, 0) is 0 Å². The van der Waals surface area contributed by atoms with E-state index in [0.717, 1.165) is 11.0 Å². The lowest BCUT2D eigenvalue weighted by atomic mass is 9.86. The van der Waals surface area contributed by atoms with Crippen molar-refractivity contribution < 1.29 is 0 Å². The summed E-state index contributed by atoms with van der Waals surface area (Å²) in [5.41, 5.74) is 2.78. The quantitative estimate of drug-likeness (QED) is 0.777. The van der Waals surface area contributed by atoms with Crippen molar-refractivity contribution in [3.63, 3.8) is 0 Å². The van der Waals surface area contributed by atoms with E-state index < -0.39 is 0 Å². The number of hydrogen-bond donors (Lipinski definition) is 3. The lowest BCUT2D eigenvalue weighted by Gasteiger charge is -2.27. The van der Waals surface area contributed by atoms with Crippen molar-refractivity contribution >= 4 is 11.0 Å². The monoisotopic (exact) mass is 247 g/mol. The van der Waals surface area contributed by atoms with Gasteiger partial charge in [0.05, 0.1) is 11.0 Å². The molecule has 1 heterocycles. The van der Waals surface area contributed by atoms with Gasteiger partial charge in [-0.25, -0.2) is 4.79 Å². The highest BCUT2D eigenvalue weighted by Crippen LogP contribution is 2.28. The molecule has 2 unspecified atom stereocenters. The summed E-state index contributed by atoms with van der Waals surface area (Å²) in [6.07, 6.45) is 0. The summed E-state index contributed by atoms with van der Waals surface area (Å²) in [4.78, 5) is 16.8. The maximum atomic E-state index is 11.3. The van der Waals surface area contributed by atoms with Crippen LogP contribution in [0.1, 0.15) is 32.4 Å². The fourth-order valence-corrected chi connectivity index (χ4v) is 2.36. The van der Waals surface area contributed by atoms with E-state index in [2.05, 4.69) is 42.1 Å². The van der Waals surface area contributed by atoms with E-state index in [1.165, 1.54) is 5.56 Å². The highest BCUT2D eigenvalue weighted by molar-refractivity contribution is 5.75. The zero-order valence-electron chi connectivity index (χ0n) is 11.4. The summed E-state index contributed by atoms with van der Waals surface area (Å²) in [7, 11) is 1.98. The van der Waals surface area contributed by atoms with Crippen LogP contribution in [0, 0.1) is 11.8 Å². The van der Waals surface area contributed by atoms with Gasteiger partial charge < -0.3 is 15.3 Å². The van der Waals surface area contributed by atoms with Gasteiger partial charge in [-0.1, -0.05) is 26.8 Å². The number of benzene rings is 1. The van der Waals surface area contributed by atoms with Gasteiger partial charge in [0.2, 0.25) is 0 Å². The van der Waals surface area contributed by atoms with Crippen LogP contribution >= 0.6 is 0 Å². The average Bonchev–Trinajstić information content (AvgIpc) is 2.69. The minimum atomic E-state index is -0.153. The molecule has 2 atom stereocenters. The topological polar surface area (TPSA) is 60.7 Å². The van der Waals surface area contributed by atoms with Crippen LogP contribution in [0.2, 0.25) is 0 Å². The van der Waals surface area contributed by atoms with Crippen molar-refractivity contribution in [3.05, 3.63) is 34.2 Å². The zero-order chi connectivity index (χ0) is 13.3. The molecule has 4 heteroatoms. The van der Waals surface area contributed by atoms with Crippen LogP contribution in [0.3, 0.4) is 0 Å². The predicted molar refractivity (Wildman–Crippen MR) is 74.7 cm³/mol. The standard InChI is InChI=1S/C14H21N3O/c1-8(2)9(3)13(15-4)10-5-6-11-12(7-10)17-14(18)16-11/h5-9,13,15H,1-4H3,(H2,16,17,18). The molecule has 1 aromatic carbocycles. The number of nitrogens with one attached hydrogen (secondary N) is 3. The Labute approximate surface area is 107 Å². The molecule has 0 aliphatic carbocycles. The van der Waals surface area contributed by atoms with Crippen molar-refractivity contribution in [2.24, 2.45) is 11.8 Å². The molecule has 18 heavy (non-hydrogen) atoms. The smallest absolute Gasteiger partial charge is 0.313 e. The van der Waals surface area contributed by atoms with Gasteiger partial charge in [0.1, 0.15) is 0 Å². The molecular formula is C14H21N3O. The molecule has 0 spiro atoms. The van der Waals surface area contributed by atoms with Crippen LogP contribution in [0.25, 0.3) is 11.0 Å². The van der Waals surface area contributed by atoms with Crippen molar-refractivity contribution in [2.45, 2.75) is 26.8 Å². The molecule has 0 saturated carbocycles. The van der Waals surface area contributed by atoms with E-state index in [1.54, 1.807) is 0 Å². The molecule has 0 radical (unpaired) electrons. The number of hydrogen-bond acceptors (Lipinski definition) is 2. The molecule has 0 aliphatic rings. The van der Waals surface area contributed by atoms with E-state index in [1.807, 2.05) is 19.2 Å². The van der Waals surface area contributed by atoms with Gasteiger partial charge in [-0.15, -0.1) is 0 Å². The molecule has 98 valence electrons. The summed E-state index contributed by atoms with van der Waals surface area (Å²) in [6, 6.07) is 6.38. The SMILES string of the molecule is CNC(c1ccc2[nH]c(=O)[nH]c2c1)C(C)C(C)C. The number of aromatic nitrogens is 2. The van der Waals surface area contributed by atoms with Gasteiger partial charge in [-0.3, -0.25) is 0 Å². The third kappa shape index (κ3) is 2.34. The second-order valence-electron chi connectivity index (χ2n) is 5.25. The van der Waals surface area contributed by atoms with E-state index >= 15 is 0 Å². The Balaban J connectivity index is 2.41. The molecule has 1 aromatic heterocycles. The predicted octanol–water partition coefficient (Wildman–Crippen LogP) is 2.41. The number of imidazole rings is 1. The fourth-order valence-electron chi connectivity index (χ4n) is 2.36. The van der Waals surface area contributed by atoms with Crippen LogP contribution in [0.15, 0.2) is 23.0 Å². The van der Waals surface area contributed by atoms with Gasteiger partial charge in [0.15, 0.2) is 0 Å². The minimum Gasteiger partial charge on any atom is -0.313 e. The van der Waals surface area contributed by atoms with E-state index in [4.69, 9.17) is 0 Å². The fraction of sp³-hybridized carbons (Fsp3) is 0.500. The first kappa shape index (κ1) is 12.9. The molecule has 3 N–H and O–H groups in total. The molecule has 0 amide bonds. The first-order chi connectivity index (χ1) is 8.52. The number of fused-ring (bicyclic) bond motifs is 1. The molecule has 0 aliphatic heterocycles. The second-order valence-corrected chi connectivity index (χ2v) is 5.25. The minimum absolute atomic E-state index is 0.153. The molecule has 2 aromatic rings. The molecule has 0 saturated heterocycles. The zero-order valence-corrected chi connectivity index (χ0v) is 11.4. The maximum Gasteiger partial charge on any atom is 0.323 e. The van der Waals surface area contributed by atoms with Crippen LogP contribution in [-0.4, -0.2) is 17.0 Å². The third-order valence-corrected chi connectivity index (χ3v) is 3.79. The normalized spacial score (nSPS) is 15.2. The number of H-pyrrole nitrogens is 2. The van der Waals surface area contributed by atoms with Crippen molar-refractivity contribution in [1.82, 2.24) is 15.3 Å². The summed E-state index contributed by atoms with van der Waals surface area (Å²) in [5.74, 6) is 1.13. The van der Waals surface area contributed by atoms with Gasteiger partial charge in [0, 0.05) is 6.04 Å². The van der Waals surface area contributed by atoms with Crippen molar-refractivity contribution in [1.29, 1.82) is 0 Å². The van der Waals surface area contributed by atoms with Crippen LogP contribution < -0.4 is 11.0 Å². The first-order valence-electron chi connectivity index (χ1n) is 6.42. The van der Waals surface area contributed by atoms with Crippen molar-refractivity contribution in [2.75, 3.05) is 7.05 Å². The van der Waals surface area contributed by atoms with E-state index in [9.17, 15) is 4.79 Å². The highest BCUT2D eigenvalue weighted by atomic mass is 16.1. The Hall–Kier alpha value is -1.55. The average molecular weight is 247 g/mol. The largest absolute Gasteiger partial charge is 0.323 e. The Morgan fingerprint density at radius 3 is 2.39 bits per heavy atom. The Morgan fingerprint density at radius 2 is 1.78 bits per heavy atom. The number of rotatable bonds is 4. The number of aromatic amines is 2.